The highest BCUT2D eigenvalue weighted by atomic mass is 16.5. The molecule has 0 saturated carbocycles. The van der Waals surface area contributed by atoms with E-state index in [9.17, 15) is 4.79 Å². The minimum atomic E-state index is -0.174. The molecular formula is C17H16N2O3. The van der Waals surface area contributed by atoms with Crippen LogP contribution in [0.5, 0.6) is 11.5 Å². The first kappa shape index (κ1) is 14.0. The maximum Gasteiger partial charge on any atom is 0.211 e. The van der Waals surface area contributed by atoms with E-state index in [2.05, 4.69) is 4.98 Å². The number of ketones is 1. The van der Waals surface area contributed by atoms with Gasteiger partial charge in [-0.15, -0.1) is 0 Å². The summed E-state index contributed by atoms with van der Waals surface area (Å²) in [4.78, 5) is 15.8. The molecule has 0 saturated heterocycles. The largest absolute Gasteiger partial charge is 0.497 e. The monoisotopic (exact) mass is 296 g/mol. The van der Waals surface area contributed by atoms with Crippen LogP contribution in [0.1, 0.15) is 16.1 Å². The number of hydrogen-bond donors (Lipinski definition) is 2. The third-order valence-corrected chi connectivity index (χ3v) is 3.60. The van der Waals surface area contributed by atoms with Crippen molar-refractivity contribution in [2.45, 2.75) is 0 Å². The van der Waals surface area contributed by atoms with Gasteiger partial charge in [0.1, 0.15) is 11.5 Å². The number of carbonyl (C=O) groups is 1. The van der Waals surface area contributed by atoms with E-state index in [0.29, 0.717) is 22.7 Å². The molecule has 22 heavy (non-hydrogen) atoms. The van der Waals surface area contributed by atoms with Gasteiger partial charge in [0.2, 0.25) is 5.78 Å². The molecule has 0 atom stereocenters. The average Bonchev–Trinajstić information content (AvgIpc) is 2.97. The summed E-state index contributed by atoms with van der Waals surface area (Å²) in [6.45, 7) is 0. The molecule has 5 heteroatoms. The molecule has 0 aliphatic carbocycles. The zero-order valence-corrected chi connectivity index (χ0v) is 12.3. The Labute approximate surface area is 127 Å². The standard InChI is InChI=1S/C17H16N2O3/c1-21-11-6-7-13-10(8-11)9-14(19-13)17(20)12-4-3-5-15(22-2)16(12)18/h3-9,19H,18H2,1-2H3. The van der Waals surface area contributed by atoms with Gasteiger partial charge in [0.25, 0.3) is 0 Å². The highest BCUT2D eigenvalue weighted by Crippen LogP contribution is 2.28. The molecule has 3 aromatic rings. The fourth-order valence-corrected chi connectivity index (χ4v) is 2.43. The summed E-state index contributed by atoms with van der Waals surface area (Å²) in [5.41, 5.74) is 8.09. The first-order valence-electron chi connectivity index (χ1n) is 6.78. The zero-order valence-electron chi connectivity index (χ0n) is 12.3. The van der Waals surface area contributed by atoms with E-state index in [-0.39, 0.29) is 5.78 Å². The van der Waals surface area contributed by atoms with Crippen LogP contribution in [0.25, 0.3) is 10.9 Å². The Morgan fingerprint density at radius 1 is 1.09 bits per heavy atom. The third kappa shape index (κ3) is 2.26. The molecule has 0 bridgehead atoms. The van der Waals surface area contributed by atoms with Crippen molar-refractivity contribution in [1.82, 2.24) is 4.98 Å². The lowest BCUT2D eigenvalue weighted by atomic mass is 10.1. The molecule has 0 fully saturated rings. The van der Waals surface area contributed by atoms with Crippen LogP contribution < -0.4 is 15.2 Å². The second-order valence-electron chi connectivity index (χ2n) is 4.89. The maximum atomic E-state index is 12.7. The summed E-state index contributed by atoms with van der Waals surface area (Å²) >= 11 is 0. The summed E-state index contributed by atoms with van der Waals surface area (Å²) in [6, 6.07) is 12.5. The molecule has 0 unspecified atom stereocenters. The molecular weight excluding hydrogens is 280 g/mol. The number of aromatic nitrogens is 1. The van der Waals surface area contributed by atoms with Gasteiger partial charge in [0.05, 0.1) is 31.2 Å². The van der Waals surface area contributed by atoms with Crippen LogP contribution in [0.2, 0.25) is 0 Å². The molecule has 3 rings (SSSR count). The number of carbonyl (C=O) groups excluding carboxylic acids is 1. The number of aromatic amines is 1. The number of nitrogen functional groups attached to an aromatic ring is 1. The number of methoxy groups -OCH3 is 2. The second kappa shape index (κ2) is 5.44. The molecule has 5 nitrogen and oxygen atoms in total. The lowest BCUT2D eigenvalue weighted by Gasteiger charge is -2.08. The van der Waals surface area contributed by atoms with Crippen molar-refractivity contribution in [1.29, 1.82) is 0 Å². The van der Waals surface area contributed by atoms with Crippen molar-refractivity contribution in [3.05, 3.63) is 53.7 Å². The van der Waals surface area contributed by atoms with Crippen molar-refractivity contribution in [2.24, 2.45) is 0 Å². The lowest BCUT2D eigenvalue weighted by molar-refractivity contribution is 0.103. The quantitative estimate of drug-likeness (QED) is 0.573. The van der Waals surface area contributed by atoms with Crippen LogP contribution in [-0.4, -0.2) is 25.0 Å². The van der Waals surface area contributed by atoms with Gasteiger partial charge in [0.15, 0.2) is 0 Å². The Hall–Kier alpha value is -2.95. The molecule has 112 valence electrons. The van der Waals surface area contributed by atoms with E-state index in [1.165, 1.54) is 7.11 Å². The van der Waals surface area contributed by atoms with Crippen LogP contribution in [0.3, 0.4) is 0 Å². The Bertz CT molecular complexity index is 852. The Morgan fingerprint density at radius 3 is 2.64 bits per heavy atom. The molecule has 0 amide bonds. The number of nitrogens with two attached hydrogens (primary N) is 1. The Morgan fingerprint density at radius 2 is 1.91 bits per heavy atom. The Kier molecular flexibility index (Phi) is 3.47. The van der Waals surface area contributed by atoms with Gasteiger partial charge in [-0.25, -0.2) is 0 Å². The van der Waals surface area contributed by atoms with Gasteiger partial charge in [-0.1, -0.05) is 6.07 Å². The van der Waals surface area contributed by atoms with E-state index in [1.807, 2.05) is 18.2 Å². The summed E-state index contributed by atoms with van der Waals surface area (Å²) in [7, 11) is 3.13. The number of nitrogens with one attached hydrogen (secondary N) is 1. The summed E-state index contributed by atoms with van der Waals surface area (Å²) < 4.78 is 10.3. The number of fused-ring (bicyclic) bond motifs is 1. The van der Waals surface area contributed by atoms with Crippen molar-refractivity contribution < 1.29 is 14.3 Å². The SMILES string of the molecule is COc1ccc2[nH]c(C(=O)c3cccc(OC)c3N)cc2c1. The first-order chi connectivity index (χ1) is 10.6. The van der Waals surface area contributed by atoms with Crippen LogP contribution in [-0.2, 0) is 0 Å². The number of benzene rings is 2. The first-order valence-corrected chi connectivity index (χ1v) is 6.78. The summed E-state index contributed by atoms with van der Waals surface area (Å²) in [5, 5.41) is 0.907. The number of anilines is 1. The minimum absolute atomic E-state index is 0.174. The fourth-order valence-electron chi connectivity index (χ4n) is 2.43. The van der Waals surface area contributed by atoms with Crippen molar-refractivity contribution in [3.8, 4) is 11.5 Å². The van der Waals surface area contributed by atoms with Gasteiger partial charge in [-0.2, -0.15) is 0 Å². The van der Waals surface area contributed by atoms with Gasteiger partial charge in [0, 0.05) is 10.9 Å². The molecule has 3 N–H and O–H groups in total. The Balaban J connectivity index is 2.05. The van der Waals surface area contributed by atoms with Crippen LogP contribution in [0.15, 0.2) is 42.5 Å². The predicted molar refractivity (Wildman–Crippen MR) is 85.7 cm³/mol. The number of para-hydroxylation sites is 1. The van der Waals surface area contributed by atoms with Crippen molar-refractivity contribution >= 4 is 22.4 Å². The summed E-state index contributed by atoms with van der Waals surface area (Å²) in [6.07, 6.45) is 0. The highest BCUT2D eigenvalue weighted by molar-refractivity contribution is 6.13. The molecule has 0 radical (unpaired) electrons. The number of H-pyrrole nitrogens is 1. The number of rotatable bonds is 4. The molecule has 1 heterocycles. The number of ether oxygens (including phenoxy) is 2. The van der Waals surface area contributed by atoms with Gasteiger partial charge >= 0.3 is 0 Å². The van der Waals surface area contributed by atoms with E-state index in [0.717, 1.165) is 16.7 Å². The summed E-state index contributed by atoms with van der Waals surface area (Å²) in [5.74, 6) is 1.06. The van der Waals surface area contributed by atoms with Crippen LogP contribution >= 0.6 is 0 Å². The molecule has 0 aliphatic rings. The molecule has 0 spiro atoms. The predicted octanol–water partition coefficient (Wildman–Crippen LogP) is 3.00. The average molecular weight is 296 g/mol. The highest BCUT2D eigenvalue weighted by Gasteiger charge is 2.17. The van der Waals surface area contributed by atoms with Crippen molar-refractivity contribution in [2.75, 3.05) is 20.0 Å². The molecule has 0 aliphatic heterocycles. The normalized spacial score (nSPS) is 10.6. The minimum Gasteiger partial charge on any atom is -0.497 e. The van der Waals surface area contributed by atoms with E-state index in [1.54, 1.807) is 31.4 Å². The lowest BCUT2D eigenvalue weighted by Crippen LogP contribution is -2.06. The van der Waals surface area contributed by atoms with Gasteiger partial charge in [-0.05, 0) is 36.4 Å². The topological polar surface area (TPSA) is 77.3 Å². The molecule has 1 aromatic heterocycles. The van der Waals surface area contributed by atoms with E-state index < -0.39 is 0 Å². The maximum absolute atomic E-state index is 12.7. The van der Waals surface area contributed by atoms with Gasteiger partial charge in [-0.3, -0.25) is 4.79 Å². The molecule has 2 aromatic carbocycles. The van der Waals surface area contributed by atoms with Crippen LogP contribution in [0, 0.1) is 0 Å². The van der Waals surface area contributed by atoms with Crippen LogP contribution in [0.4, 0.5) is 5.69 Å². The zero-order chi connectivity index (χ0) is 15.7. The second-order valence-corrected chi connectivity index (χ2v) is 4.89. The number of hydrogen-bond acceptors (Lipinski definition) is 4. The third-order valence-electron chi connectivity index (χ3n) is 3.60. The fraction of sp³-hybridized carbons (Fsp3) is 0.118. The van der Waals surface area contributed by atoms with Gasteiger partial charge < -0.3 is 20.2 Å². The smallest absolute Gasteiger partial charge is 0.211 e. The van der Waals surface area contributed by atoms with E-state index >= 15 is 0 Å². The van der Waals surface area contributed by atoms with Crippen molar-refractivity contribution in [3.63, 3.8) is 0 Å². The van der Waals surface area contributed by atoms with E-state index in [4.69, 9.17) is 15.2 Å².